The van der Waals surface area contributed by atoms with E-state index in [4.69, 9.17) is 0 Å². The van der Waals surface area contributed by atoms with Crippen LogP contribution in [0.2, 0.25) is 0 Å². The average Bonchev–Trinajstić information content (AvgIpc) is 3.60. The van der Waals surface area contributed by atoms with Crippen molar-refractivity contribution < 1.29 is 14.7 Å². The number of carbonyl (C=O) groups is 2. The molecule has 0 atom stereocenters. The normalized spacial score (nSPS) is 13.4. The van der Waals surface area contributed by atoms with Crippen LogP contribution in [0.4, 0.5) is 10.5 Å². The standard InChI is InChI=1S/C30H30N4O3/c1-20-9-5-8-14-24(20)29(36)32-23-15-16-28(35)25(17-23)26-18-27(22-12-6-7-13-22)34(33-26)30(37)31-19-21-10-3-2-4-11-21/h2-5,8-11,14-18,22,35H,6-7,12-13,19H2,1H3,(H,31,37)(H,32,36). The molecule has 0 radical (unpaired) electrons. The molecular formula is C30H30N4O3. The molecular weight excluding hydrogens is 464 g/mol. The minimum Gasteiger partial charge on any atom is -0.507 e. The van der Waals surface area contributed by atoms with Crippen molar-refractivity contribution in [1.29, 1.82) is 0 Å². The van der Waals surface area contributed by atoms with E-state index in [1.165, 1.54) is 10.7 Å². The van der Waals surface area contributed by atoms with Crippen LogP contribution in [0.15, 0.2) is 78.9 Å². The fourth-order valence-electron chi connectivity index (χ4n) is 4.90. The van der Waals surface area contributed by atoms with Crippen LogP contribution in [0.25, 0.3) is 11.3 Å². The number of aryl methyl sites for hydroxylation is 1. The molecule has 3 aromatic carbocycles. The summed E-state index contributed by atoms with van der Waals surface area (Å²) in [7, 11) is 0. The topological polar surface area (TPSA) is 96.2 Å². The fourth-order valence-corrected chi connectivity index (χ4v) is 4.90. The third kappa shape index (κ3) is 5.40. The second-order valence-corrected chi connectivity index (χ2v) is 9.49. The van der Waals surface area contributed by atoms with Gasteiger partial charge in [0.05, 0.1) is 11.4 Å². The van der Waals surface area contributed by atoms with E-state index in [-0.39, 0.29) is 23.6 Å². The van der Waals surface area contributed by atoms with Gasteiger partial charge in [-0.25, -0.2) is 4.79 Å². The van der Waals surface area contributed by atoms with Crippen LogP contribution in [0.1, 0.15) is 58.8 Å². The molecule has 188 valence electrons. The molecule has 1 aliphatic carbocycles. The Morgan fingerprint density at radius 2 is 1.70 bits per heavy atom. The fraction of sp³-hybridized carbons (Fsp3) is 0.233. The summed E-state index contributed by atoms with van der Waals surface area (Å²) in [5, 5.41) is 21.2. The van der Waals surface area contributed by atoms with E-state index in [0.717, 1.165) is 42.5 Å². The Morgan fingerprint density at radius 3 is 2.46 bits per heavy atom. The van der Waals surface area contributed by atoms with Crippen molar-refractivity contribution in [2.45, 2.75) is 45.1 Å². The van der Waals surface area contributed by atoms with Crippen LogP contribution in [-0.2, 0) is 6.54 Å². The van der Waals surface area contributed by atoms with Crippen molar-refractivity contribution in [2.75, 3.05) is 5.32 Å². The minimum atomic E-state index is -0.305. The summed E-state index contributed by atoms with van der Waals surface area (Å²) in [5.74, 6) is 0.0308. The van der Waals surface area contributed by atoms with Gasteiger partial charge in [-0.2, -0.15) is 9.78 Å². The van der Waals surface area contributed by atoms with Crippen molar-refractivity contribution in [3.63, 3.8) is 0 Å². The highest BCUT2D eigenvalue weighted by atomic mass is 16.3. The molecule has 1 aromatic heterocycles. The maximum atomic E-state index is 13.2. The van der Waals surface area contributed by atoms with Gasteiger partial charge >= 0.3 is 6.03 Å². The van der Waals surface area contributed by atoms with Crippen LogP contribution in [0.3, 0.4) is 0 Å². The van der Waals surface area contributed by atoms with Gasteiger partial charge in [-0.1, -0.05) is 61.4 Å². The third-order valence-corrected chi connectivity index (χ3v) is 6.91. The van der Waals surface area contributed by atoms with E-state index in [2.05, 4.69) is 15.7 Å². The van der Waals surface area contributed by atoms with Crippen LogP contribution < -0.4 is 10.6 Å². The average molecular weight is 495 g/mol. The van der Waals surface area contributed by atoms with Gasteiger partial charge in [-0.05, 0) is 61.2 Å². The highest BCUT2D eigenvalue weighted by Crippen LogP contribution is 2.38. The SMILES string of the molecule is Cc1ccccc1C(=O)Nc1ccc(O)c(-c2cc(C3CCCC3)n(C(=O)NCc3ccccc3)n2)c1. The zero-order valence-electron chi connectivity index (χ0n) is 20.8. The monoisotopic (exact) mass is 494 g/mol. The van der Waals surface area contributed by atoms with Crippen molar-refractivity contribution in [1.82, 2.24) is 15.1 Å². The summed E-state index contributed by atoms with van der Waals surface area (Å²) in [5.41, 5.74) is 4.77. The number of rotatable bonds is 6. The Kier molecular flexibility index (Phi) is 7.03. The van der Waals surface area contributed by atoms with E-state index < -0.39 is 0 Å². The van der Waals surface area contributed by atoms with E-state index in [9.17, 15) is 14.7 Å². The number of aromatic nitrogens is 2. The highest BCUT2D eigenvalue weighted by molar-refractivity contribution is 6.05. The maximum absolute atomic E-state index is 13.2. The molecule has 3 N–H and O–H groups in total. The molecule has 1 aliphatic rings. The summed E-state index contributed by atoms with van der Waals surface area (Å²) in [6, 6.07) is 23.6. The Morgan fingerprint density at radius 1 is 0.973 bits per heavy atom. The lowest BCUT2D eigenvalue weighted by molar-refractivity contribution is 0.102. The molecule has 0 aliphatic heterocycles. The first-order valence-electron chi connectivity index (χ1n) is 12.6. The smallest absolute Gasteiger partial charge is 0.342 e. The number of nitrogens with zero attached hydrogens (tertiary/aromatic N) is 2. The van der Waals surface area contributed by atoms with E-state index >= 15 is 0 Å². The summed E-state index contributed by atoms with van der Waals surface area (Å²) in [6.07, 6.45) is 4.22. The molecule has 2 amide bonds. The van der Waals surface area contributed by atoms with Gasteiger partial charge in [0, 0.05) is 29.3 Å². The Hall–Kier alpha value is -4.39. The van der Waals surface area contributed by atoms with Gasteiger partial charge in [0.25, 0.3) is 5.91 Å². The first-order chi connectivity index (χ1) is 18.0. The number of hydrogen-bond acceptors (Lipinski definition) is 4. The van der Waals surface area contributed by atoms with Crippen molar-refractivity contribution >= 4 is 17.6 Å². The molecule has 0 unspecified atom stereocenters. The summed E-state index contributed by atoms with van der Waals surface area (Å²) in [4.78, 5) is 26.0. The Balaban J connectivity index is 1.43. The second-order valence-electron chi connectivity index (χ2n) is 9.49. The first-order valence-corrected chi connectivity index (χ1v) is 12.6. The van der Waals surface area contributed by atoms with Gasteiger partial charge in [0.15, 0.2) is 0 Å². The van der Waals surface area contributed by atoms with Crippen LogP contribution in [-0.4, -0.2) is 26.8 Å². The largest absolute Gasteiger partial charge is 0.507 e. The van der Waals surface area contributed by atoms with Crippen LogP contribution >= 0.6 is 0 Å². The van der Waals surface area contributed by atoms with Crippen LogP contribution in [0.5, 0.6) is 5.75 Å². The Labute approximate surface area is 216 Å². The van der Waals surface area contributed by atoms with E-state index in [0.29, 0.717) is 29.1 Å². The molecule has 7 heteroatoms. The predicted octanol–water partition coefficient (Wildman–Crippen LogP) is 6.23. The zero-order valence-corrected chi connectivity index (χ0v) is 20.8. The number of aromatic hydroxyl groups is 1. The second kappa shape index (κ2) is 10.7. The number of phenols is 1. The maximum Gasteiger partial charge on any atom is 0.342 e. The Bertz CT molecular complexity index is 1420. The molecule has 0 saturated heterocycles. The van der Waals surface area contributed by atoms with Gasteiger partial charge in [-0.3, -0.25) is 4.79 Å². The number of hydrogen-bond donors (Lipinski definition) is 3. The highest BCUT2D eigenvalue weighted by Gasteiger charge is 2.26. The molecule has 4 aromatic rings. The summed E-state index contributed by atoms with van der Waals surface area (Å²) >= 11 is 0. The lowest BCUT2D eigenvalue weighted by Gasteiger charge is -2.12. The number of amides is 2. The molecule has 0 spiro atoms. The van der Waals surface area contributed by atoms with Gasteiger partial charge in [0.2, 0.25) is 0 Å². The zero-order chi connectivity index (χ0) is 25.8. The molecule has 7 nitrogen and oxygen atoms in total. The van der Waals surface area contributed by atoms with Gasteiger partial charge in [0.1, 0.15) is 5.75 Å². The molecule has 5 rings (SSSR count). The predicted molar refractivity (Wildman–Crippen MR) is 144 cm³/mol. The quantitative estimate of drug-likeness (QED) is 0.277. The molecule has 1 heterocycles. The van der Waals surface area contributed by atoms with Crippen LogP contribution in [0, 0.1) is 6.92 Å². The summed E-state index contributed by atoms with van der Waals surface area (Å²) < 4.78 is 1.44. The summed E-state index contributed by atoms with van der Waals surface area (Å²) in [6.45, 7) is 2.28. The first kappa shape index (κ1) is 24.3. The lowest BCUT2D eigenvalue weighted by Crippen LogP contribution is -2.30. The molecule has 1 fully saturated rings. The number of anilines is 1. The van der Waals surface area contributed by atoms with Gasteiger partial charge in [-0.15, -0.1) is 0 Å². The lowest BCUT2D eigenvalue weighted by atomic mass is 10.0. The van der Waals surface area contributed by atoms with E-state index in [1.807, 2.05) is 61.5 Å². The van der Waals surface area contributed by atoms with Gasteiger partial charge < -0.3 is 15.7 Å². The molecule has 0 bridgehead atoms. The van der Waals surface area contributed by atoms with E-state index in [1.54, 1.807) is 18.2 Å². The number of phenolic OH excluding ortho intramolecular Hbond substituents is 1. The van der Waals surface area contributed by atoms with Crippen molar-refractivity contribution in [2.24, 2.45) is 0 Å². The number of carbonyl (C=O) groups excluding carboxylic acids is 2. The number of benzene rings is 3. The third-order valence-electron chi connectivity index (χ3n) is 6.91. The van der Waals surface area contributed by atoms with Crippen molar-refractivity contribution in [3.8, 4) is 17.0 Å². The van der Waals surface area contributed by atoms with Crippen molar-refractivity contribution in [3.05, 3.63) is 101 Å². The molecule has 37 heavy (non-hydrogen) atoms. The molecule has 1 saturated carbocycles. The minimum absolute atomic E-state index is 0.0289. The number of nitrogens with one attached hydrogen (secondary N) is 2.